The van der Waals surface area contributed by atoms with Crippen LogP contribution >= 0.6 is 0 Å². The molecule has 9 heteroatoms. The number of aryl methyl sites for hydroxylation is 1. The summed E-state index contributed by atoms with van der Waals surface area (Å²) in [6, 6.07) is 9.61. The maximum absolute atomic E-state index is 13.6. The zero-order valence-corrected chi connectivity index (χ0v) is 16.1. The van der Waals surface area contributed by atoms with Crippen molar-refractivity contribution >= 4 is 15.7 Å². The molecule has 0 spiro atoms. The normalized spacial score (nSPS) is 16.1. The summed E-state index contributed by atoms with van der Waals surface area (Å²) in [5.74, 6) is 0. The van der Waals surface area contributed by atoms with Crippen LogP contribution < -0.4 is 4.72 Å². The lowest BCUT2D eigenvalue weighted by molar-refractivity contribution is -0.138. The van der Waals surface area contributed by atoms with Crippen LogP contribution in [0.4, 0.5) is 18.9 Å². The fourth-order valence-corrected chi connectivity index (χ4v) is 4.02. The van der Waals surface area contributed by atoms with Crippen molar-refractivity contribution in [2.75, 3.05) is 31.0 Å². The number of halogens is 3. The number of hydrogen-bond donors (Lipinski definition) is 1. The highest BCUT2D eigenvalue weighted by molar-refractivity contribution is 7.92. The number of nitrogens with one attached hydrogen (secondary N) is 1. The Morgan fingerprint density at radius 1 is 1.07 bits per heavy atom. The minimum atomic E-state index is -4.59. The van der Waals surface area contributed by atoms with Crippen LogP contribution in [0.2, 0.25) is 0 Å². The highest BCUT2D eigenvalue weighted by atomic mass is 32.2. The molecule has 0 bridgehead atoms. The van der Waals surface area contributed by atoms with Crippen LogP contribution in [0.3, 0.4) is 0 Å². The summed E-state index contributed by atoms with van der Waals surface area (Å²) in [5, 5.41) is 0. The number of nitrogens with zero attached hydrogens (tertiary/aromatic N) is 1. The maximum Gasteiger partial charge on any atom is 0.416 e. The predicted molar refractivity (Wildman–Crippen MR) is 99.5 cm³/mol. The van der Waals surface area contributed by atoms with Crippen LogP contribution in [-0.2, 0) is 27.5 Å². The molecule has 1 aliphatic rings. The van der Waals surface area contributed by atoms with Gasteiger partial charge in [0.1, 0.15) is 0 Å². The van der Waals surface area contributed by atoms with E-state index in [-0.39, 0.29) is 22.7 Å². The topological polar surface area (TPSA) is 58.6 Å². The Kier molecular flexibility index (Phi) is 5.97. The number of alkyl halides is 3. The minimum absolute atomic E-state index is 0.0101. The van der Waals surface area contributed by atoms with E-state index in [0.29, 0.717) is 26.3 Å². The second-order valence-electron chi connectivity index (χ2n) is 6.68. The van der Waals surface area contributed by atoms with Crippen LogP contribution in [0.15, 0.2) is 47.4 Å². The molecule has 2 aromatic carbocycles. The molecule has 0 unspecified atom stereocenters. The van der Waals surface area contributed by atoms with Crippen LogP contribution in [0.5, 0.6) is 0 Å². The number of morpholine rings is 1. The van der Waals surface area contributed by atoms with E-state index in [0.717, 1.165) is 11.6 Å². The highest BCUT2D eigenvalue weighted by Gasteiger charge is 2.34. The van der Waals surface area contributed by atoms with Crippen molar-refractivity contribution in [1.82, 2.24) is 4.90 Å². The molecule has 1 N–H and O–H groups in total. The monoisotopic (exact) mass is 414 g/mol. The summed E-state index contributed by atoms with van der Waals surface area (Å²) in [7, 11) is -3.98. The molecule has 0 aliphatic carbocycles. The van der Waals surface area contributed by atoms with Gasteiger partial charge < -0.3 is 4.74 Å². The van der Waals surface area contributed by atoms with Crippen molar-refractivity contribution in [2.24, 2.45) is 0 Å². The molecule has 28 heavy (non-hydrogen) atoms. The van der Waals surface area contributed by atoms with Crippen LogP contribution in [0.25, 0.3) is 0 Å². The van der Waals surface area contributed by atoms with E-state index in [4.69, 9.17) is 4.74 Å². The van der Waals surface area contributed by atoms with Crippen molar-refractivity contribution in [2.45, 2.75) is 24.5 Å². The van der Waals surface area contributed by atoms with E-state index < -0.39 is 21.8 Å². The molecule has 1 aliphatic heterocycles. The average molecular weight is 414 g/mol. The standard InChI is InChI=1S/C19H21F3N2O3S/c1-14-2-6-17(7-3-14)28(25,26)23-16-5-4-15(18(12-16)19(20,21)22)13-24-8-10-27-11-9-24/h2-7,12,23H,8-11,13H2,1H3. The lowest BCUT2D eigenvalue weighted by atomic mass is 10.1. The van der Waals surface area contributed by atoms with Gasteiger partial charge in [-0.05, 0) is 36.8 Å². The Hall–Kier alpha value is -2.10. The first-order chi connectivity index (χ1) is 13.1. The van der Waals surface area contributed by atoms with Crippen molar-refractivity contribution in [3.63, 3.8) is 0 Å². The molecule has 0 saturated carbocycles. The van der Waals surface area contributed by atoms with E-state index in [2.05, 4.69) is 4.72 Å². The second-order valence-corrected chi connectivity index (χ2v) is 8.36. The number of rotatable bonds is 5. The highest BCUT2D eigenvalue weighted by Crippen LogP contribution is 2.35. The smallest absolute Gasteiger partial charge is 0.379 e. The molecular weight excluding hydrogens is 393 g/mol. The van der Waals surface area contributed by atoms with Crippen molar-refractivity contribution in [3.8, 4) is 0 Å². The van der Waals surface area contributed by atoms with Gasteiger partial charge >= 0.3 is 6.18 Å². The van der Waals surface area contributed by atoms with Gasteiger partial charge in [0.25, 0.3) is 10.0 Å². The summed E-state index contributed by atoms with van der Waals surface area (Å²) < 4.78 is 73.1. The molecule has 0 radical (unpaired) electrons. The van der Waals surface area contributed by atoms with Crippen LogP contribution in [0, 0.1) is 6.92 Å². The number of sulfonamides is 1. The third kappa shape index (κ3) is 5.03. The fraction of sp³-hybridized carbons (Fsp3) is 0.368. The van der Waals surface area contributed by atoms with Gasteiger partial charge in [0.05, 0.1) is 23.7 Å². The fourth-order valence-electron chi connectivity index (χ4n) is 2.97. The second kappa shape index (κ2) is 8.10. The van der Waals surface area contributed by atoms with Gasteiger partial charge in [-0.1, -0.05) is 23.8 Å². The molecule has 1 heterocycles. The summed E-state index contributed by atoms with van der Waals surface area (Å²) in [4.78, 5) is 1.87. The molecule has 0 aromatic heterocycles. The van der Waals surface area contributed by atoms with E-state index in [1.165, 1.54) is 24.3 Å². The lowest BCUT2D eigenvalue weighted by Crippen LogP contribution is -2.36. The SMILES string of the molecule is Cc1ccc(S(=O)(=O)Nc2ccc(CN3CCOCC3)c(C(F)(F)F)c2)cc1. The largest absolute Gasteiger partial charge is 0.416 e. The zero-order valence-electron chi connectivity index (χ0n) is 15.3. The first-order valence-electron chi connectivity index (χ1n) is 8.75. The summed E-state index contributed by atoms with van der Waals surface area (Å²) in [6.45, 7) is 4.01. The number of anilines is 1. The summed E-state index contributed by atoms with van der Waals surface area (Å²) in [6.07, 6.45) is -4.59. The third-order valence-electron chi connectivity index (χ3n) is 4.50. The molecule has 152 valence electrons. The minimum Gasteiger partial charge on any atom is -0.379 e. The van der Waals surface area contributed by atoms with Gasteiger partial charge in [-0.3, -0.25) is 9.62 Å². The third-order valence-corrected chi connectivity index (χ3v) is 5.89. The van der Waals surface area contributed by atoms with Gasteiger partial charge in [0, 0.05) is 25.3 Å². The Labute approximate surface area is 162 Å². The van der Waals surface area contributed by atoms with Gasteiger partial charge in [0.15, 0.2) is 0 Å². The quantitative estimate of drug-likeness (QED) is 0.812. The van der Waals surface area contributed by atoms with Gasteiger partial charge in [-0.15, -0.1) is 0 Å². The van der Waals surface area contributed by atoms with Crippen molar-refractivity contribution < 1.29 is 26.3 Å². The van der Waals surface area contributed by atoms with E-state index in [9.17, 15) is 21.6 Å². The van der Waals surface area contributed by atoms with E-state index in [1.54, 1.807) is 12.1 Å². The predicted octanol–water partition coefficient (Wildman–Crippen LogP) is 3.65. The molecule has 3 rings (SSSR count). The first-order valence-corrected chi connectivity index (χ1v) is 10.2. The number of benzene rings is 2. The molecule has 1 fully saturated rings. The van der Waals surface area contributed by atoms with Crippen molar-refractivity contribution in [3.05, 3.63) is 59.2 Å². The molecule has 0 amide bonds. The molecular formula is C19H21F3N2O3S. The van der Waals surface area contributed by atoms with Crippen LogP contribution in [0.1, 0.15) is 16.7 Å². The lowest BCUT2D eigenvalue weighted by Gasteiger charge is -2.28. The summed E-state index contributed by atoms with van der Waals surface area (Å²) >= 11 is 0. The van der Waals surface area contributed by atoms with Crippen molar-refractivity contribution in [1.29, 1.82) is 0 Å². The number of ether oxygens (including phenoxy) is 1. The Morgan fingerprint density at radius 2 is 1.71 bits per heavy atom. The van der Waals surface area contributed by atoms with E-state index in [1.807, 2.05) is 11.8 Å². The Bertz CT molecular complexity index is 922. The molecule has 0 atom stereocenters. The maximum atomic E-state index is 13.6. The molecule has 5 nitrogen and oxygen atoms in total. The van der Waals surface area contributed by atoms with Gasteiger partial charge in [-0.25, -0.2) is 8.42 Å². The van der Waals surface area contributed by atoms with Gasteiger partial charge in [-0.2, -0.15) is 13.2 Å². The molecule has 2 aromatic rings. The Balaban J connectivity index is 1.87. The van der Waals surface area contributed by atoms with Crippen LogP contribution in [-0.4, -0.2) is 39.6 Å². The first kappa shape index (κ1) is 20.6. The molecule has 1 saturated heterocycles. The van der Waals surface area contributed by atoms with E-state index >= 15 is 0 Å². The average Bonchev–Trinajstić information content (AvgIpc) is 2.63. The Morgan fingerprint density at radius 3 is 2.32 bits per heavy atom. The zero-order chi connectivity index (χ0) is 20.4. The summed E-state index contributed by atoms with van der Waals surface area (Å²) in [5.41, 5.74) is 0.0141. The van der Waals surface area contributed by atoms with Gasteiger partial charge in [0.2, 0.25) is 0 Å². The number of hydrogen-bond acceptors (Lipinski definition) is 4.